The van der Waals surface area contributed by atoms with Crippen LogP contribution in [0.1, 0.15) is 11.1 Å². The van der Waals surface area contributed by atoms with Crippen LogP contribution < -0.4 is 20.2 Å². The Balaban J connectivity index is 1.89. The minimum absolute atomic E-state index is 0.101. The Morgan fingerprint density at radius 2 is 1.82 bits per heavy atom. The number of nitrogens with one attached hydrogen (secondary N) is 2. The molecule has 0 saturated carbocycles. The van der Waals surface area contributed by atoms with Crippen LogP contribution in [0.15, 0.2) is 47.6 Å². The summed E-state index contributed by atoms with van der Waals surface area (Å²) in [4.78, 5) is 33.9. The number of nitro benzene ring substituents is 1. The van der Waals surface area contributed by atoms with Gasteiger partial charge in [0.25, 0.3) is 0 Å². The average molecular weight is 386 g/mol. The van der Waals surface area contributed by atoms with Gasteiger partial charge in [0.1, 0.15) is 5.75 Å². The highest BCUT2D eigenvalue weighted by molar-refractivity contribution is 6.35. The SMILES string of the molecule is COc1ccc(CNC(=O)C(=O)NN=Cc2ccc(OC)c([N+](=O)[O-])c2)cc1. The van der Waals surface area contributed by atoms with Crippen LogP contribution >= 0.6 is 0 Å². The number of nitrogens with zero attached hydrogens (tertiary/aromatic N) is 2. The molecule has 0 spiro atoms. The number of nitro groups is 1. The molecule has 10 nitrogen and oxygen atoms in total. The highest BCUT2D eigenvalue weighted by Crippen LogP contribution is 2.26. The number of hydrazone groups is 1. The van der Waals surface area contributed by atoms with Gasteiger partial charge < -0.3 is 14.8 Å². The first-order chi connectivity index (χ1) is 13.4. The summed E-state index contributed by atoms with van der Waals surface area (Å²) in [5.74, 6) is -1.05. The van der Waals surface area contributed by atoms with Gasteiger partial charge in [0.2, 0.25) is 0 Å². The Morgan fingerprint density at radius 1 is 1.11 bits per heavy atom. The zero-order valence-electron chi connectivity index (χ0n) is 15.2. The van der Waals surface area contributed by atoms with Gasteiger partial charge in [0.05, 0.1) is 25.4 Å². The molecule has 2 aromatic carbocycles. The van der Waals surface area contributed by atoms with E-state index in [4.69, 9.17) is 9.47 Å². The predicted octanol–water partition coefficient (Wildman–Crippen LogP) is 1.38. The molecule has 0 aliphatic rings. The average Bonchev–Trinajstić information content (AvgIpc) is 2.72. The third-order valence-corrected chi connectivity index (χ3v) is 3.60. The van der Waals surface area contributed by atoms with Crippen molar-refractivity contribution in [1.29, 1.82) is 0 Å². The minimum Gasteiger partial charge on any atom is -0.497 e. The molecule has 0 unspecified atom stereocenters. The summed E-state index contributed by atoms with van der Waals surface area (Å²) in [7, 11) is 2.87. The zero-order chi connectivity index (χ0) is 20.5. The normalized spacial score (nSPS) is 10.4. The van der Waals surface area contributed by atoms with Gasteiger partial charge in [0.15, 0.2) is 5.75 Å². The molecular formula is C18H18N4O6. The quantitative estimate of drug-likeness (QED) is 0.320. The molecule has 0 aromatic heterocycles. The van der Waals surface area contributed by atoms with Crippen molar-refractivity contribution in [1.82, 2.24) is 10.7 Å². The van der Waals surface area contributed by atoms with E-state index in [0.717, 1.165) is 5.56 Å². The van der Waals surface area contributed by atoms with E-state index >= 15 is 0 Å². The molecule has 0 heterocycles. The Hall–Kier alpha value is -3.95. The second kappa shape index (κ2) is 9.67. The summed E-state index contributed by atoms with van der Waals surface area (Å²) in [5.41, 5.74) is 2.96. The van der Waals surface area contributed by atoms with E-state index in [-0.39, 0.29) is 18.0 Å². The van der Waals surface area contributed by atoms with Gasteiger partial charge in [-0.15, -0.1) is 0 Å². The van der Waals surface area contributed by atoms with E-state index in [9.17, 15) is 19.7 Å². The van der Waals surface area contributed by atoms with Crippen molar-refractivity contribution in [3.8, 4) is 11.5 Å². The summed E-state index contributed by atoms with van der Waals surface area (Å²) in [5, 5.41) is 17.1. The molecule has 146 valence electrons. The van der Waals surface area contributed by atoms with Crippen LogP contribution in [0, 0.1) is 10.1 Å². The van der Waals surface area contributed by atoms with Gasteiger partial charge in [-0.3, -0.25) is 19.7 Å². The molecule has 0 fully saturated rings. The molecule has 0 saturated heterocycles. The fourth-order valence-corrected chi connectivity index (χ4v) is 2.15. The smallest absolute Gasteiger partial charge is 0.329 e. The molecule has 10 heteroatoms. The van der Waals surface area contributed by atoms with Gasteiger partial charge >= 0.3 is 17.5 Å². The Labute approximate surface area is 160 Å². The van der Waals surface area contributed by atoms with E-state index in [0.29, 0.717) is 11.3 Å². The van der Waals surface area contributed by atoms with Crippen LogP contribution in [0.5, 0.6) is 11.5 Å². The van der Waals surface area contributed by atoms with Crippen LogP contribution in [0.25, 0.3) is 0 Å². The Kier molecular flexibility index (Phi) is 7.03. The second-order valence-corrected chi connectivity index (χ2v) is 5.42. The van der Waals surface area contributed by atoms with E-state index in [1.807, 2.05) is 0 Å². The first kappa shape index (κ1) is 20.4. The molecular weight excluding hydrogens is 368 g/mol. The fourth-order valence-electron chi connectivity index (χ4n) is 2.15. The first-order valence-electron chi connectivity index (χ1n) is 8.01. The summed E-state index contributed by atoms with van der Waals surface area (Å²) < 4.78 is 9.93. The van der Waals surface area contributed by atoms with E-state index in [2.05, 4.69) is 15.8 Å². The van der Waals surface area contributed by atoms with Gasteiger partial charge in [-0.05, 0) is 29.8 Å². The van der Waals surface area contributed by atoms with Crippen molar-refractivity contribution in [2.45, 2.75) is 6.54 Å². The fraction of sp³-hybridized carbons (Fsp3) is 0.167. The molecule has 0 atom stereocenters. The van der Waals surface area contributed by atoms with Gasteiger partial charge in [-0.1, -0.05) is 12.1 Å². The van der Waals surface area contributed by atoms with Gasteiger partial charge in [-0.2, -0.15) is 5.10 Å². The molecule has 2 N–H and O–H groups in total. The number of methoxy groups -OCH3 is 2. The number of ether oxygens (including phenoxy) is 2. The van der Waals surface area contributed by atoms with Crippen molar-refractivity contribution in [3.63, 3.8) is 0 Å². The summed E-state index contributed by atoms with van der Waals surface area (Å²) in [6.45, 7) is 0.157. The lowest BCUT2D eigenvalue weighted by Gasteiger charge is -2.05. The molecule has 2 aromatic rings. The van der Waals surface area contributed by atoms with Crippen LogP contribution in [-0.4, -0.2) is 37.2 Å². The lowest BCUT2D eigenvalue weighted by Crippen LogP contribution is -2.37. The number of carbonyl (C=O) groups is 2. The Bertz CT molecular complexity index is 895. The highest BCUT2D eigenvalue weighted by atomic mass is 16.6. The number of rotatable bonds is 7. The maximum absolute atomic E-state index is 11.8. The lowest BCUT2D eigenvalue weighted by molar-refractivity contribution is -0.385. The minimum atomic E-state index is -0.965. The van der Waals surface area contributed by atoms with E-state index in [1.54, 1.807) is 31.4 Å². The second-order valence-electron chi connectivity index (χ2n) is 5.42. The third kappa shape index (κ3) is 5.53. The maximum Gasteiger partial charge on any atom is 0.329 e. The predicted molar refractivity (Wildman–Crippen MR) is 100 cm³/mol. The summed E-state index contributed by atoms with van der Waals surface area (Å²) in [6, 6.07) is 11.1. The Morgan fingerprint density at radius 3 is 2.43 bits per heavy atom. The summed E-state index contributed by atoms with van der Waals surface area (Å²) in [6.07, 6.45) is 1.18. The van der Waals surface area contributed by atoms with E-state index < -0.39 is 16.7 Å². The number of amides is 2. The molecule has 2 amide bonds. The zero-order valence-corrected chi connectivity index (χ0v) is 15.2. The first-order valence-corrected chi connectivity index (χ1v) is 8.01. The van der Waals surface area contributed by atoms with Gasteiger partial charge in [-0.25, -0.2) is 5.43 Å². The maximum atomic E-state index is 11.8. The van der Waals surface area contributed by atoms with Crippen molar-refractivity contribution in [3.05, 3.63) is 63.7 Å². The van der Waals surface area contributed by atoms with Crippen molar-refractivity contribution >= 4 is 23.7 Å². The van der Waals surface area contributed by atoms with Crippen molar-refractivity contribution in [2.24, 2.45) is 5.10 Å². The molecule has 2 rings (SSSR count). The molecule has 0 radical (unpaired) electrons. The van der Waals surface area contributed by atoms with Crippen LogP contribution in [-0.2, 0) is 16.1 Å². The highest BCUT2D eigenvalue weighted by Gasteiger charge is 2.15. The van der Waals surface area contributed by atoms with Crippen LogP contribution in [0.4, 0.5) is 5.69 Å². The van der Waals surface area contributed by atoms with Crippen LogP contribution in [0.3, 0.4) is 0 Å². The van der Waals surface area contributed by atoms with E-state index in [1.165, 1.54) is 31.5 Å². The molecule has 0 aliphatic carbocycles. The molecule has 0 bridgehead atoms. The summed E-state index contributed by atoms with van der Waals surface area (Å²) >= 11 is 0. The lowest BCUT2D eigenvalue weighted by atomic mass is 10.2. The van der Waals surface area contributed by atoms with Crippen LogP contribution in [0.2, 0.25) is 0 Å². The number of hydrogen-bond acceptors (Lipinski definition) is 7. The van der Waals surface area contributed by atoms with Crippen molar-refractivity contribution in [2.75, 3.05) is 14.2 Å². The number of benzene rings is 2. The third-order valence-electron chi connectivity index (χ3n) is 3.60. The molecule has 28 heavy (non-hydrogen) atoms. The number of hydrogen-bond donors (Lipinski definition) is 2. The molecule has 0 aliphatic heterocycles. The standard InChI is InChI=1S/C18H18N4O6/c1-27-14-6-3-12(4-7-14)10-19-17(23)18(24)21-20-11-13-5-8-16(28-2)15(9-13)22(25)26/h3-9,11H,10H2,1-2H3,(H,19,23)(H,21,24). The topological polar surface area (TPSA) is 132 Å². The number of carbonyl (C=O) groups excluding carboxylic acids is 2. The monoisotopic (exact) mass is 386 g/mol. The largest absolute Gasteiger partial charge is 0.497 e. The van der Waals surface area contributed by atoms with Crippen molar-refractivity contribution < 1.29 is 24.0 Å². The van der Waals surface area contributed by atoms with Gasteiger partial charge in [0, 0.05) is 18.2 Å².